The molecule has 0 saturated heterocycles. The Labute approximate surface area is 166 Å². The van der Waals surface area contributed by atoms with Crippen LogP contribution in [-0.2, 0) is 27.6 Å². The number of nitrogens with one attached hydrogen (secondary N) is 1. The molecule has 0 spiro atoms. The molecule has 2 rings (SSSR count). The van der Waals surface area contributed by atoms with E-state index in [1.165, 1.54) is 18.2 Å². The lowest BCUT2D eigenvalue weighted by molar-refractivity contribution is -0.116. The molecule has 28 heavy (non-hydrogen) atoms. The Kier molecular flexibility index (Phi) is 6.87. The quantitative estimate of drug-likeness (QED) is 0.654. The van der Waals surface area contributed by atoms with Crippen molar-refractivity contribution in [2.45, 2.75) is 58.9 Å². The van der Waals surface area contributed by atoms with Crippen LogP contribution in [0.25, 0.3) is 0 Å². The third-order valence-corrected chi connectivity index (χ3v) is 6.39. The molecule has 0 fully saturated rings. The first-order valence-electron chi connectivity index (χ1n) is 9.43. The molecule has 0 bridgehead atoms. The second-order valence-corrected chi connectivity index (χ2v) is 9.63. The summed E-state index contributed by atoms with van der Waals surface area (Å²) in [5.41, 5.74) is 3.11. The van der Waals surface area contributed by atoms with Gasteiger partial charge in [-0.1, -0.05) is 20.8 Å². The third-order valence-electron chi connectivity index (χ3n) is 4.65. The molecule has 7 nitrogen and oxygen atoms in total. The SMILES string of the molecule is CCS(=O)(=O)c1ccc(O)c(NC(=O)CCc2c(C)nn(CC(C)C)c2C)c1. The van der Waals surface area contributed by atoms with E-state index in [9.17, 15) is 18.3 Å². The van der Waals surface area contributed by atoms with Crippen LogP contribution in [0, 0.1) is 19.8 Å². The second kappa shape index (κ2) is 8.77. The highest BCUT2D eigenvalue weighted by Gasteiger charge is 2.17. The first-order chi connectivity index (χ1) is 13.0. The lowest BCUT2D eigenvalue weighted by atomic mass is 10.1. The number of phenols is 1. The maximum Gasteiger partial charge on any atom is 0.224 e. The Morgan fingerprint density at radius 2 is 1.96 bits per heavy atom. The highest BCUT2D eigenvalue weighted by Crippen LogP contribution is 2.27. The molecule has 1 amide bonds. The number of aryl methyl sites for hydroxylation is 1. The predicted octanol–water partition coefficient (Wildman–Crippen LogP) is 3.23. The summed E-state index contributed by atoms with van der Waals surface area (Å²) in [6, 6.07) is 3.91. The summed E-state index contributed by atoms with van der Waals surface area (Å²) in [7, 11) is -3.42. The molecule has 1 heterocycles. The number of carbonyl (C=O) groups excluding carboxylic acids is 1. The summed E-state index contributed by atoms with van der Waals surface area (Å²) in [6.07, 6.45) is 0.731. The largest absolute Gasteiger partial charge is 0.506 e. The van der Waals surface area contributed by atoms with Gasteiger partial charge in [0.25, 0.3) is 0 Å². The van der Waals surface area contributed by atoms with E-state index in [0.717, 1.165) is 23.5 Å². The van der Waals surface area contributed by atoms with Crippen molar-refractivity contribution in [2.24, 2.45) is 5.92 Å². The smallest absolute Gasteiger partial charge is 0.224 e. The minimum atomic E-state index is -3.42. The van der Waals surface area contributed by atoms with E-state index >= 15 is 0 Å². The van der Waals surface area contributed by atoms with Gasteiger partial charge in [0.2, 0.25) is 5.91 Å². The first-order valence-corrected chi connectivity index (χ1v) is 11.1. The predicted molar refractivity (Wildman–Crippen MR) is 109 cm³/mol. The van der Waals surface area contributed by atoms with Crippen molar-refractivity contribution in [1.82, 2.24) is 9.78 Å². The zero-order valence-corrected chi connectivity index (χ0v) is 17.9. The van der Waals surface area contributed by atoms with Crippen LogP contribution in [0.3, 0.4) is 0 Å². The fraction of sp³-hybridized carbons (Fsp3) is 0.500. The first kappa shape index (κ1) is 21.9. The van der Waals surface area contributed by atoms with Crippen molar-refractivity contribution in [1.29, 1.82) is 0 Å². The van der Waals surface area contributed by atoms with E-state index in [1.807, 2.05) is 18.5 Å². The molecule has 1 aromatic carbocycles. The Morgan fingerprint density at radius 1 is 1.29 bits per heavy atom. The van der Waals surface area contributed by atoms with Crippen LogP contribution in [0.5, 0.6) is 5.75 Å². The standard InChI is InChI=1S/C20H29N3O4S/c1-6-28(26,27)16-7-9-19(24)18(11-16)21-20(25)10-8-17-14(4)22-23(15(17)5)12-13(2)3/h7,9,11,13,24H,6,8,10,12H2,1-5H3,(H,21,25). The molecule has 0 atom stereocenters. The fourth-order valence-electron chi connectivity index (χ4n) is 3.05. The van der Waals surface area contributed by atoms with Crippen LogP contribution in [0.1, 0.15) is 44.1 Å². The fourth-order valence-corrected chi connectivity index (χ4v) is 3.95. The number of hydrogen-bond acceptors (Lipinski definition) is 5. The minimum Gasteiger partial charge on any atom is -0.506 e. The molecular formula is C20H29N3O4S. The van der Waals surface area contributed by atoms with Crippen LogP contribution >= 0.6 is 0 Å². The summed E-state index contributed by atoms with van der Waals surface area (Å²) in [4.78, 5) is 12.5. The number of phenolic OH excluding ortho intramolecular Hbond substituents is 1. The van der Waals surface area contributed by atoms with Gasteiger partial charge in [-0.15, -0.1) is 0 Å². The van der Waals surface area contributed by atoms with Crippen molar-refractivity contribution >= 4 is 21.4 Å². The number of nitrogens with zero attached hydrogens (tertiary/aromatic N) is 2. The third kappa shape index (κ3) is 5.13. The van der Waals surface area contributed by atoms with Gasteiger partial charge in [-0.05, 0) is 49.9 Å². The Bertz CT molecular complexity index is 962. The Morgan fingerprint density at radius 3 is 2.57 bits per heavy atom. The van der Waals surface area contributed by atoms with Gasteiger partial charge in [0.1, 0.15) is 5.75 Å². The van der Waals surface area contributed by atoms with Crippen LogP contribution in [0.4, 0.5) is 5.69 Å². The van der Waals surface area contributed by atoms with Gasteiger partial charge in [0.15, 0.2) is 9.84 Å². The Hall–Kier alpha value is -2.35. The maximum atomic E-state index is 12.4. The van der Waals surface area contributed by atoms with Crippen molar-refractivity contribution in [2.75, 3.05) is 11.1 Å². The summed E-state index contributed by atoms with van der Waals surface area (Å²) < 4.78 is 26.0. The zero-order valence-electron chi connectivity index (χ0n) is 17.1. The van der Waals surface area contributed by atoms with Crippen molar-refractivity contribution in [3.8, 4) is 5.75 Å². The summed E-state index contributed by atoms with van der Waals surface area (Å²) in [5.74, 6) is -0.0366. The number of hydrogen-bond donors (Lipinski definition) is 2. The maximum absolute atomic E-state index is 12.4. The molecule has 154 valence electrons. The average molecular weight is 408 g/mol. The van der Waals surface area contributed by atoms with Gasteiger partial charge in [-0.3, -0.25) is 9.48 Å². The lowest BCUT2D eigenvalue weighted by Crippen LogP contribution is -2.14. The topological polar surface area (TPSA) is 101 Å². The van der Waals surface area contributed by atoms with Crippen molar-refractivity contribution in [3.63, 3.8) is 0 Å². The van der Waals surface area contributed by atoms with Crippen LogP contribution < -0.4 is 5.32 Å². The molecular weight excluding hydrogens is 378 g/mol. The van der Waals surface area contributed by atoms with Gasteiger partial charge in [0, 0.05) is 18.7 Å². The average Bonchev–Trinajstić information content (AvgIpc) is 2.87. The number of aromatic hydroxyl groups is 1. The summed E-state index contributed by atoms with van der Waals surface area (Å²) >= 11 is 0. The number of anilines is 1. The molecule has 0 radical (unpaired) electrons. The number of sulfone groups is 1. The highest BCUT2D eigenvalue weighted by molar-refractivity contribution is 7.91. The van der Waals surface area contributed by atoms with E-state index in [0.29, 0.717) is 12.3 Å². The second-order valence-electron chi connectivity index (χ2n) is 7.36. The number of aromatic nitrogens is 2. The molecule has 0 aliphatic heterocycles. The molecule has 8 heteroatoms. The lowest BCUT2D eigenvalue weighted by Gasteiger charge is -2.10. The molecule has 2 N–H and O–H groups in total. The highest BCUT2D eigenvalue weighted by atomic mass is 32.2. The zero-order chi connectivity index (χ0) is 21.1. The molecule has 1 aromatic heterocycles. The Balaban J connectivity index is 2.10. The van der Waals surface area contributed by atoms with Crippen molar-refractivity contribution < 1.29 is 18.3 Å². The molecule has 2 aromatic rings. The van der Waals surface area contributed by atoms with Gasteiger partial charge in [-0.2, -0.15) is 5.10 Å². The molecule has 0 saturated carbocycles. The van der Waals surface area contributed by atoms with Gasteiger partial charge < -0.3 is 10.4 Å². The number of amides is 1. The number of benzene rings is 1. The van der Waals surface area contributed by atoms with E-state index < -0.39 is 9.84 Å². The summed E-state index contributed by atoms with van der Waals surface area (Å²) in [6.45, 7) is 10.6. The van der Waals surface area contributed by atoms with Crippen LogP contribution in [-0.4, -0.2) is 35.0 Å². The summed E-state index contributed by atoms with van der Waals surface area (Å²) in [5, 5.41) is 17.1. The molecule has 0 unspecified atom stereocenters. The van der Waals surface area contributed by atoms with Crippen LogP contribution in [0.2, 0.25) is 0 Å². The monoisotopic (exact) mass is 407 g/mol. The van der Waals surface area contributed by atoms with Gasteiger partial charge in [-0.25, -0.2) is 8.42 Å². The molecule has 0 aliphatic rings. The van der Waals surface area contributed by atoms with Crippen LogP contribution in [0.15, 0.2) is 23.1 Å². The van der Waals surface area contributed by atoms with E-state index in [1.54, 1.807) is 6.92 Å². The van der Waals surface area contributed by atoms with Gasteiger partial charge >= 0.3 is 0 Å². The number of carbonyl (C=O) groups is 1. The van der Waals surface area contributed by atoms with E-state index in [-0.39, 0.29) is 34.4 Å². The number of rotatable bonds is 8. The van der Waals surface area contributed by atoms with Crippen molar-refractivity contribution in [3.05, 3.63) is 35.2 Å². The normalized spacial score (nSPS) is 11.8. The molecule has 0 aliphatic carbocycles. The minimum absolute atomic E-state index is 0.0515. The van der Waals surface area contributed by atoms with E-state index in [2.05, 4.69) is 24.3 Å². The van der Waals surface area contributed by atoms with Gasteiger partial charge in [0.05, 0.1) is 22.0 Å². The van der Waals surface area contributed by atoms with E-state index in [4.69, 9.17) is 0 Å².